The Balaban J connectivity index is 1.81. The molecule has 2 fully saturated rings. The van der Waals surface area contributed by atoms with Crippen LogP contribution in [-0.4, -0.2) is 55.1 Å². The molecule has 0 radical (unpaired) electrons. The van der Waals surface area contributed by atoms with Crippen LogP contribution in [0.2, 0.25) is 0 Å². The van der Waals surface area contributed by atoms with Crippen molar-refractivity contribution in [3.63, 3.8) is 0 Å². The second-order valence-corrected chi connectivity index (χ2v) is 5.08. The van der Waals surface area contributed by atoms with Gasteiger partial charge in [0.15, 0.2) is 0 Å². The maximum atomic E-state index is 13.0. The third-order valence-electron chi connectivity index (χ3n) is 3.61. The lowest BCUT2D eigenvalue weighted by Crippen LogP contribution is -2.41. The van der Waals surface area contributed by atoms with Crippen molar-refractivity contribution in [1.29, 1.82) is 0 Å². The number of nitrogens with zero attached hydrogens (tertiary/aromatic N) is 1. The number of halogens is 2. The van der Waals surface area contributed by atoms with Gasteiger partial charge in [0, 0.05) is 19.1 Å². The highest BCUT2D eigenvalue weighted by Crippen LogP contribution is 2.31. The summed E-state index contributed by atoms with van der Waals surface area (Å²) in [5.74, 6) is -4.67. The summed E-state index contributed by atoms with van der Waals surface area (Å²) in [6, 6.07) is 0.433. The molecule has 1 N–H and O–H groups in total. The molecule has 0 bridgehead atoms. The fourth-order valence-corrected chi connectivity index (χ4v) is 2.60. The van der Waals surface area contributed by atoms with Gasteiger partial charge in [-0.2, -0.15) is 8.78 Å². The van der Waals surface area contributed by atoms with E-state index < -0.39 is 24.4 Å². The number of hydrogen-bond acceptors (Lipinski definition) is 4. The summed E-state index contributed by atoms with van der Waals surface area (Å²) >= 11 is 0. The molecule has 0 aromatic heterocycles. The van der Waals surface area contributed by atoms with Crippen LogP contribution in [0.5, 0.6) is 0 Å². The molecule has 0 amide bonds. The van der Waals surface area contributed by atoms with Crippen LogP contribution in [0, 0.1) is 0 Å². The Hall–Kier alpha value is -0.750. The van der Waals surface area contributed by atoms with Crippen molar-refractivity contribution in [3.8, 4) is 0 Å². The molecular weight excluding hydrogens is 242 g/mol. The zero-order valence-corrected chi connectivity index (χ0v) is 10.6. The lowest BCUT2D eigenvalue weighted by molar-refractivity contribution is -0.159. The average Bonchev–Trinajstić information content (AvgIpc) is 2.87. The van der Waals surface area contributed by atoms with Crippen LogP contribution in [0.4, 0.5) is 8.78 Å². The Kier molecular flexibility index (Phi) is 4.17. The van der Waals surface area contributed by atoms with E-state index in [1.54, 1.807) is 0 Å². The minimum Gasteiger partial charge on any atom is -0.456 e. The van der Waals surface area contributed by atoms with Crippen molar-refractivity contribution in [2.75, 3.05) is 26.2 Å². The van der Waals surface area contributed by atoms with Gasteiger partial charge in [0.2, 0.25) is 0 Å². The molecule has 0 saturated carbocycles. The lowest BCUT2D eigenvalue weighted by atomic mass is 10.1. The molecule has 18 heavy (non-hydrogen) atoms. The van der Waals surface area contributed by atoms with Crippen LogP contribution < -0.4 is 5.32 Å². The summed E-state index contributed by atoms with van der Waals surface area (Å²) < 4.78 is 30.8. The van der Waals surface area contributed by atoms with E-state index >= 15 is 0 Å². The molecule has 6 heteroatoms. The van der Waals surface area contributed by atoms with Crippen LogP contribution in [0.1, 0.15) is 26.2 Å². The van der Waals surface area contributed by atoms with Crippen LogP contribution in [0.15, 0.2) is 0 Å². The number of esters is 1. The summed E-state index contributed by atoms with van der Waals surface area (Å²) in [6.45, 7) is 5.02. The van der Waals surface area contributed by atoms with E-state index in [0.717, 1.165) is 26.1 Å². The number of carbonyl (C=O) groups excluding carboxylic acids is 1. The normalized spacial score (nSPS) is 31.0. The van der Waals surface area contributed by atoms with Gasteiger partial charge in [-0.05, 0) is 25.9 Å². The van der Waals surface area contributed by atoms with Gasteiger partial charge >= 0.3 is 11.9 Å². The molecule has 104 valence electrons. The molecule has 2 heterocycles. The number of likely N-dealkylation sites (N-methyl/N-ethyl adjacent to an activating group) is 1. The van der Waals surface area contributed by atoms with E-state index in [2.05, 4.69) is 10.2 Å². The van der Waals surface area contributed by atoms with E-state index in [4.69, 9.17) is 4.74 Å². The number of rotatable bonds is 5. The van der Waals surface area contributed by atoms with Gasteiger partial charge in [0.25, 0.3) is 0 Å². The first-order chi connectivity index (χ1) is 8.51. The number of nitrogens with one attached hydrogen (secondary N) is 1. The van der Waals surface area contributed by atoms with Crippen molar-refractivity contribution in [3.05, 3.63) is 0 Å². The molecule has 2 rings (SSSR count). The maximum absolute atomic E-state index is 13.0. The second kappa shape index (κ2) is 5.48. The molecule has 2 aliphatic rings. The zero-order valence-electron chi connectivity index (χ0n) is 10.6. The van der Waals surface area contributed by atoms with E-state index in [1.807, 2.05) is 6.92 Å². The fourth-order valence-electron chi connectivity index (χ4n) is 2.60. The lowest BCUT2D eigenvalue weighted by Gasteiger charge is -2.26. The molecule has 2 aliphatic heterocycles. The van der Waals surface area contributed by atoms with Crippen molar-refractivity contribution < 1.29 is 18.3 Å². The van der Waals surface area contributed by atoms with Crippen LogP contribution >= 0.6 is 0 Å². The minimum absolute atomic E-state index is 0.399. The summed E-state index contributed by atoms with van der Waals surface area (Å²) in [7, 11) is 0. The number of carbonyl (C=O) groups is 1. The number of cyclic esters (lactones) is 1. The molecule has 0 aromatic carbocycles. The van der Waals surface area contributed by atoms with E-state index in [0.29, 0.717) is 12.6 Å². The number of ether oxygens (including phenoxy) is 1. The van der Waals surface area contributed by atoms with Gasteiger partial charge in [0.1, 0.15) is 6.10 Å². The van der Waals surface area contributed by atoms with Crippen LogP contribution in [0.3, 0.4) is 0 Å². The van der Waals surface area contributed by atoms with Crippen LogP contribution in [-0.2, 0) is 9.53 Å². The second-order valence-electron chi connectivity index (χ2n) is 5.08. The number of hydrogen-bond donors (Lipinski definition) is 1. The topological polar surface area (TPSA) is 41.6 Å². The van der Waals surface area contributed by atoms with Gasteiger partial charge in [-0.1, -0.05) is 6.92 Å². The standard InChI is InChI=1S/C12H20F2N2O2/c1-2-16(7-9-4-3-5-15-9)8-10-6-12(13,14)11(17)18-10/h9-10,15H,2-8H2,1H3. The average molecular weight is 262 g/mol. The number of alkyl halides is 2. The smallest absolute Gasteiger partial charge is 0.377 e. The van der Waals surface area contributed by atoms with E-state index in [9.17, 15) is 13.6 Å². The van der Waals surface area contributed by atoms with Gasteiger partial charge in [-0.3, -0.25) is 4.90 Å². The Morgan fingerprint density at radius 1 is 1.50 bits per heavy atom. The van der Waals surface area contributed by atoms with Gasteiger partial charge in [-0.15, -0.1) is 0 Å². The zero-order chi connectivity index (χ0) is 13.2. The maximum Gasteiger partial charge on any atom is 0.377 e. The molecule has 2 saturated heterocycles. The predicted molar refractivity (Wildman–Crippen MR) is 62.6 cm³/mol. The summed E-state index contributed by atoms with van der Waals surface area (Å²) in [5.41, 5.74) is 0. The Morgan fingerprint density at radius 3 is 2.78 bits per heavy atom. The molecule has 4 nitrogen and oxygen atoms in total. The summed E-state index contributed by atoms with van der Waals surface area (Å²) in [6.07, 6.45) is 1.13. The van der Waals surface area contributed by atoms with Crippen molar-refractivity contribution in [1.82, 2.24) is 10.2 Å². The minimum atomic E-state index is -3.30. The molecule has 0 spiro atoms. The highest BCUT2D eigenvalue weighted by atomic mass is 19.3. The van der Waals surface area contributed by atoms with Crippen LogP contribution in [0.25, 0.3) is 0 Å². The molecule has 0 aliphatic carbocycles. The molecular formula is C12H20F2N2O2. The highest BCUT2D eigenvalue weighted by Gasteiger charge is 2.50. The third-order valence-corrected chi connectivity index (χ3v) is 3.61. The molecule has 2 atom stereocenters. The Labute approximate surface area is 106 Å². The first kappa shape index (κ1) is 13.7. The van der Waals surface area contributed by atoms with Gasteiger partial charge in [0.05, 0.1) is 6.42 Å². The highest BCUT2D eigenvalue weighted by molar-refractivity contribution is 5.79. The SMILES string of the molecule is CCN(CC1CCCN1)CC1CC(F)(F)C(=O)O1. The van der Waals surface area contributed by atoms with Crippen molar-refractivity contribution in [2.24, 2.45) is 0 Å². The largest absolute Gasteiger partial charge is 0.456 e. The van der Waals surface area contributed by atoms with E-state index in [-0.39, 0.29) is 0 Å². The monoisotopic (exact) mass is 262 g/mol. The van der Waals surface area contributed by atoms with Gasteiger partial charge < -0.3 is 10.1 Å². The third kappa shape index (κ3) is 3.17. The molecule has 2 unspecified atom stereocenters. The predicted octanol–water partition coefficient (Wildman–Crippen LogP) is 1.01. The van der Waals surface area contributed by atoms with Crippen molar-refractivity contribution >= 4 is 5.97 Å². The first-order valence-corrected chi connectivity index (χ1v) is 6.56. The summed E-state index contributed by atoms with van der Waals surface area (Å²) in [4.78, 5) is 13.0. The fraction of sp³-hybridized carbons (Fsp3) is 0.917. The van der Waals surface area contributed by atoms with Crippen molar-refractivity contribution in [2.45, 2.75) is 44.3 Å². The quantitative estimate of drug-likeness (QED) is 0.751. The first-order valence-electron chi connectivity index (χ1n) is 6.56. The van der Waals surface area contributed by atoms with Gasteiger partial charge in [-0.25, -0.2) is 4.79 Å². The molecule has 0 aromatic rings. The Bertz CT molecular complexity index is 306. The Morgan fingerprint density at radius 2 is 2.28 bits per heavy atom. The van der Waals surface area contributed by atoms with E-state index in [1.165, 1.54) is 6.42 Å². The summed E-state index contributed by atoms with van der Waals surface area (Å²) in [5, 5.41) is 3.37.